The lowest BCUT2D eigenvalue weighted by molar-refractivity contribution is 0.0684. The van der Waals surface area contributed by atoms with E-state index in [1.165, 1.54) is 6.07 Å². The fourth-order valence-corrected chi connectivity index (χ4v) is 2.99. The van der Waals surface area contributed by atoms with Crippen molar-refractivity contribution in [3.05, 3.63) is 45.0 Å². The first-order chi connectivity index (χ1) is 12.0. The van der Waals surface area contributed by atoms with Gasteiger partial charge >= 0.3 is 5.97 Å². The molecule has 1 aliphatic heterocycles. The summed E-state index contributed by atoms with van der Waals surface area (Å²) in [5.74, 6) is -1.86. The topological polar surface area (TPSA) is 83.4 Å². The molecule has 2 fully saturated rings. The van der Waals surface area contributed by atoms with Crippen LogP contribution in [0.15, 0.2) is 23.0 Å². The molecule has 4 rings (SSSR count). The van der Waals surface area contributed by atoms with Crippen LogP contribution in [0.5, 0.6) is 0 Å². The number of piperazine rings is 1. The third-order valence-electron chi connectivity index (χ3n) is 4.18. The number of hydrogen-bond acceptors (Lipinski definition) is 4. The Bertz CT molecular complexity index is 849. The van der Waals surface area contributed by atoms with Gasteiger partial charge in [-0.2, -0.15) is 0 Å². The third-order valence-corrected chi connectivity index (χ3v) is 4.47. The molecule has 134 valence electrons. The molecule has 6 nitrogen and oxygen atoms in total. The zero-order valence-electron chi connectivity index (χ0n) is 13.5. The van der Waals surface area contributed by atoms with Crippen LogP contribution < -0.4 is 16.1 Å². The highest BCUT2D eigenvalue weighted by Gasteiger charge is 2.29. The van der Waals surface area contributed by atoms with Crippen molar-refractivity contribution in [1.82, 2.24) is 15.2 Å². The lowest BCUT2D eigenvalue weighted by atomic mass is 10.1. The fourth-order valence-electron chi connectivity index (χ4n) is 2.83. The third kappa shape index (κ3) is 4.00. The Morgan fingerprint density at radius 2 is 1.76 bits per heavy atom. The van der Waals surface area contributed by atoms with E-state index in [1.807, 2.05) is 0 Å². The van der Waals surface area contributed by atoms with E-state index in [-0.39, 0.29) is 22.1 Å². The van der Waals surface area contributed by atoms with Crippen molar-refractivity contribution in [2.75, 3.05) is 26.2 Å². The molecule has 0 unspecified atom stereocenters. The molecule has 1 aromatic heterocycles. The summed E-state index contributed by atoms with van der Waals surface area (Å²) in [6.07, 6.45) is 1.68. The van der Waals surface area contributed by atoms with Crippen LogP contribution >= 0.6 is 11.6 Å². The molecule has 0 atom stereocenters. The number of pyridine rings is 1. The summed E-state index contributed by atoms with van der Waals surface area (Å²) in [5.41, 5.74) is -0.221. The second-order valence-electron chi connectivity index (χ2n) is 6.08. The lowest BCUT2D eigenvalue weighted by Gasteiger charge is -2.14. The molecule has 0 bridgehead atoms. The number of aromatic carboxylic acids is 1. The zero-order valence-corrected chi connectivity index (χ0v) is 14.3. The molecule has 1 saturated carbocycles. The molecule has 1 saturated heterocycles. The first kappa shape index (κ1) is 17.8. The minimum Gasteiger partial charge on any atom is -0.477 e. The summed E-state index contributed by atoms with van der Waals surface area (Å²) in [7, 11) is 0. The summed E-state index contributed by atoms with van der Waals surface area (Å²) in [5, 5.41) is 15.7. The Morgan fingerprint density at radius 3 is 2.24 bits per heavy atom. The van der Waals surface area contributed by atoms with E-state index >= 15 is 0 Å². The van der Waals surface area contributed by atoms with Gasteiger partial charge in [0.2, 0.25) is 0 Å². The molecule has 0 amide bonds. The smallest absolute Gasteiger partial charge is 0.352 e. The number of carboxylic acids is 1. The van der Waals surface area contributed by atoms with E-state index in [1.54, 1.807) is 4.57 Å². The molecule has 0 spiro atoms. The van der Waals surface area contributed by atoms with E-state index in [0.29, 0.717) is 5.52 Å². The van der Waals surface area contributed by atoms with Gasteiger partial charge in [-0.05, 0) is 25.0 Å². The van der Waals surface area contributed by atoms with Gasteiger partial charge in [-0.1, -0.05) is 11.6 Å². The fraction of sp³-hybridized carbons (Fsp3) is 0.412. The van der Waals surface area contributed by atoms with Crippen LogP contribution in [0.4, 0.5) is 4.39 Å². The zero-order chi connectivity index (χ0) is 18.0. The van der Waals surface area contributed by atoms with Crippen molar-refractivity contribution in [3.63, 3.8) is 0 Å². The maximum absolute atomic E-state index is 13.4. The van der Waals surface area contributed by atoms with Gasteiger partial charge in [0.25, 0.3) is 0 Å². The number of hydrogen-bond donors (Lipinski definition) is 3. The van der Waals surface area contributed by atoms with Gasteiger partial charge < -0.3 is 20.3 Å². The quantitative estimate of drug-likeness (QED) is 0.756. The number of rotatable bonds is 2. The van der Waals surface area contributed by atoms with Crippen molar-refractivity contribution in [3.8, 4) is 0 Å². The summed E-state index contributed by atoms with van der Waals surface area (Å²) in [4.78, 5) is 23.1. The number of aromatic nitrogens is 1. The molecule has 1 aliphatic carbocycles. The number of nitrogens with zero attached hydrogens (tertiary/aromatic N) is 1. The van der Waals surface area contributed by atoms with Gasteiger partial charge in [-0.15, -0.1) is 0 Å². The Hall–Kier alpha value is -1.96. The van der Waals surface area contributed by atoms with Gasteiger partial charge in [0, 0.05) is 43.7 Å². The second-order valence-corrected chi connectivity index (χ2v) is 6.49. The van der Waals surface area contributed by atoms with Crippen LogP contribution in [0, 0.1) is 5.82 Å². The highest BCUT2D eigenvalue weighted by Crippen LogP contribution is 2.38. The molecule has 2 aromatic rings. The summed E-state index contributed by atoms with van der Waals surface area (Å²) in [6.45, 7) is 4.56. The highest BCUT2D eigenvalue weighted by molar-refractivity contribution is 6.31. The average molecular weight is 368 g/mol. The Labute approximate surface area is 148 Å². The summed E-state index contributed by atoms with van der Waals surface area (Å²) < 4.78 is 15.0. The summed E-state index contributed by atoms with van der Waals surface area (Å²) >= 11 is 5.73. The molecule has 0 radical (unpaired) electrons. The second kappa shape index (κ2) is 7.51. The first-order valence-electron chi connectivity index (χ1n) is 8.18. The van der Waals surface area contributed by atoms with Crippen molar-refractivity contribution >= 4 is 28.5 Å². The van der Waals surface area contributed by atoms with Crippen LogP contribution in [-0.4, -0.2) is 41.8 Å². The van der Waals surface area contributed by atoms with Crippen molar-refractivity contribution in [2.24, 2.45) is 0 Å². The Morgan fingerprint density at radius 1 is 1.16 bits per heavy atom. The van der Waals surface area contributed by atoms with Crippen LogP contribution in [0.25, 0.3) is 10.9 Å². The molecule has 8 heteroatoms. The molecular formula is C17H19ClFN3O3. The van der Waals surface area contributed by atoms with Gasteiger partial charge in [0.05, 0.1) is 10.5 Å². The van der Waals surface area contributed by atoms with Gasteiger partial charge in [-0.3, -0.25) is 4.79 Å². The number of carboxylic acid groups (broad SMARTS) is 1. The number of carbonyl (C=O) groups is 1. The molecule has 1 aromatic carbocycles. The Balaban J connectivity index is 0.000000258. The monoisotopic (exact) mass is 367 g/mol. The number of benzene rings is 1. The van der Waals surface area contributed by atoms with E-state index in [9.17, 15) is 19.1 Å². The highest BCUT2D eigenvalue weighted by atomic mass is 35.5. The standard InChI is InChI=1S/C13H9ClFNO3.C4H10N2/c14-8-4-10-7(3-9(8)15)12(17)5-11(13(18)19)16(10)6-1-2-6;1-2-6-4-3-5-1/h3-6H,1-2H2,(H,18,19);5-6H,1-4H2. The molecule has 3 N–H and O–H groups in total. The van der Waals surface area contributed by atoms with E-state index in [0.717, 1.165) is 51.2 Å². The lowest BCUT2D eigenvalue weighted by Crippen LogP contribution is -2.39. The predicted octanol–water partition coefficient (Wildman–Crippen LogP) is 2.01. The van der Waals surface area contributed by atoms with Crippen LogP contribution in [-0.2, 0) is 0 Å². The Kier molecular flexibility index (Phi) is 5.36. The number of fused-ring (bicyclic) bond motifs is 1. The predicted molar refractivity (Wildman–Crippen MR) is 94.1 cm³/mol. The minimum atomic E-state index is -1.17. The maximum atomic E-state index is 13.4. The van der Waals surface area contributed by atoms with Gasteiger partial charge in [0.1, 0.15) is 11.5 Å². The number of nitrogens with one attached hydrogen (secondary N) is 2. The molecule has 25 heavy (non-hydrogen) atoms. The first-order valence-corrected chi connectivity index (χ1v) is 8.56. The van der Waals surface area contributed by atoms with E-state index in [2.05, 4.69) is 10.6 Å². The molecular weight excluding hydrogens is 349 g/mol. The summed E-state index contributed by atoms with van der Waals surface area (Å²) in [6, 6.07) is 3.45. The minimum absolute atomic E-state index is 0.0377. The van der Waals surface area contributed by atoms with E-state index in [4.69, 9.17) is 11.6 Å². The maximum Gasteiger partial charge on any atom is 0.352 e. The van der Waals surface area contributed by atoms with Crippen LogP contribution in [0.2, 0.25) is 5.02 Å². The molecule has 2 heterocycles. The largest absolute Gasteiger partial charge is 0.477 e. The molecule has 2 aliphatic rings. The average Bonchev–Trinajstić information content (AvgIpc) is 3.43. The number of halogens is 2. The van der Waals surface area contributed by atoms with Gasteiger partial charge in [0.15, 0.2) is 5.43 Å². The van der Waals surface area contributed by atoms with Crippen molar-refractivity contribution in [2.45, 2.75) is 18.9 Å². The van der Waals surface area contributed by atoms with Crippen molar-refractivity contribution < 1.29 is 14.3 Å². The normalized spacial score (nSPS) is 17.0. The van der Waals surface area contributed by atoms with Gasteiger partial charge in [-0.25, -0.2) is 9.18 Å². The van der Waals surface area contributed by atoms with E-state index < -0.39 is 17.2 Å². The SMILES string of the molecule is C1CNCCN1.O=C(O)c1cc(=O)c2cc(F)c(Cl)cc2n1C1CC1. The van der Waals surface area contributed by atoms with Crippen molar-refractivity contribution in [1.29, 1.82) is 0 Å². The van der Waals surface area contributed by atoms with Crippen LogP contribution in [0.1, 0.15) is 29.4 Å². The van der Waals surface area contributed by atoms with Crippen LogP contribution in [0.3, 0.4) is 0 Å².